The lowest BCUT2D eigenvalue weighted by molar-refractivity contribution is -0.117. The molecule has 1 fully saturated rings. The van der Waals surface area contributed by atoms with Gasteiger partial charge < -0.3 is 10.1 Å². The Morgan fingerprint density at radius 1 is 1.15 bits per heavy atom. The summed E-state index contributed by atoms with van der Waals surface area (Å²) < 4.78 is 8.36. The topological polar surface area (TPSA) is 91.0 Å². The van der Waals surface area contributed by atoms with E-state index in [9.17, 15) is 9.59 Å². The normalized spacial score (nSPS) is 13.3. The molecule has 0 atom stereocenters. The van der Waals surface area contributed by atoms with Crippen molar-refractivity contribution >= 4 is 22.5 Å². The minimum atomic E-state index is -0.336. The second-order valence-electron chi connectivity index (χ2n) is 8.23. The molecule has 5 rings (SSSR count). The number of carbonyl (C=O) groups excluding carboxylic acids is 1. The number of aromatic nitrogens is 4. The van der Waals surface area contributed by atoms with E-state index < -0.39 is 0 Å². The first kappa shape index (κ1) is 20.9. The van der Waals surface area contributed by atoms with Crippen molar-refractivity contribution in [2.75, 3.05) is 11.9 Å². The first-order valence-corrected chi connectivity index (χ1v) is 11.1. The Morgan fingerprint density at radius 2 is 1.91 bits per heavy atom. The number of rotatable bonds is 7. The first-order valence-electron chi connectivity index (χ1n) is 11.1. The zero-order valence-corrected chi connectivity index (χ0v) is 18.6. The summed E-state index contributed by atoms with van der Waals surface area (Å²) >= 11 is 0. The predicted molar refractivity (Wildman–Crippen MR) is 126 cm³/mol. The van der Waals surface area contributed by atoms with E-state index in [0.29, 0.717) is 23.7 Å². The Morgan fingerprint density at radius 3 is 2.61 bits per heavy atom. The highest BCUT2D eigenvalue weighted by Crippen LogP contribution is 2.41. The zero-order valence-electron chi connectivity index (χ0n) is 18.6. The molecule has 2 aromatic carbocycles. The van der Waals surface area contributed by atoms with Gasteiger partial charge in [-0.05, 0) is 62.6 Å². The third-order valence-corrected chi connectivity index (χ3v) is 5.76. The molecule has 0 aliphatic heterocycles. The Balaban J connectivity index is 1.50. The molecule has 2 heterocycles. The number of amides is 1. The van der Waals surface area contributed by atoms with E-state index in [1.54, 1.807) is 35.1 Å². The summed E-state index contributed by atoms with van der Waals surface area (Å²) in [4.78, 5) is 26.2. The van der Waals surface area contributed by atoms with Crippen LogP contribution in [0, 0.1) is 6.92 Å². The SMILES string of the molecule is CCOc1ccc(NC(=O)Cn2nc(C3CC3)c3cnn(-c4ccccc4C)c3c2=O)cc1. The second-order valence-corrected chi connectivity index (χ2v) is 8.23. The molecule has 0 unspecified atom stereocenters. The number of carbonyl (C=O) groups is 1. The summed E-state index contributed by atoms with van der Waals surface area (Å²) in [5.74, 6) is 0.706. The first-order chi connectivity index (χ1) is 16.0. The van der Waals surface area contributed by atoms with E-state index >= 15 is 0 Å². The molecular formula is C25H25N5O3. The number of nitrogens with one attached hydrogen (secondary N) is 1. The largest absolute Gasteiger partial charge is 0.494 e. The van der Waals surface area contributed by atoms with Gasteiger partial charge in [-0.25, -0.2) is 9.36 Å². The predicted octanol–water partition coefficient (Wildman–Crippen LogP) is 3.81. The molecule has 4 aromatic rings. The Bertz CT molecular complexity index is 1380. The van der Waals surface area contributed by atoms with Gasteiger partial charge in [0, 0.05) is 17.0 Å². The minimum absolute atomic E-state index is 0.180. The van der Waals surface area contributed by atoms with E-state index in [-0.39, 0.29) is 18.0 Å². The number of hydrogen-bond acceptors (Lipinski definition) is 5. The average Bonchev–Trinajstić information content (AvgIpc) is 3.56. The lowest BCUT2D eigenvalue weighted by Crippen LogP contribution is -2.31. The molecule has 0 bridgehead atoms. The van der Waals surface area contributed by atoms with Crippen LogP contribution in [0.15, 0.2) is 59.5 Å². The van der Waals surface area contributed by atoms with Gasteiger partial charge in [-0.1, -0.05) is 18.2 Å². The van der Waals surface area contributed by atoms with Crippen LogP contribution in [-0.2, 0) is 11.3 Å². The van der Waals surface area contributed by atoms with Crippen molar-refractivity contribution in [3.8, 4) is 11.4 Å². The van der Waals surface area contributed by atoms with Crippen LogP contribution in [0.3, 0.4) is 0 Å². The third kappa shape index (κ3) is 4.11. The highest BCUT2D eigenvalue weighted by Gasteiger charge is 2.30. The summed E-state index contributed by atoms with van der Waals surface area (Å²) in [7, 11) is 0. The number of nitrogens with zero attached hydrogens (tertiary/aromatic N) is 4. The molecule has 0 radical (unpaired) electrons. The lowest BCUT2D eigenvalue weighted by atomic mass is 10.2. The highest BCUT2D eigenvalue weighted by molar-refractivity contribution is 5.91. The molecule has 168 valence electrons. The number of ether oxygens (including phenoxy) is 1. The maximum Gasteiger partial charge on any atom is 0.293 e. The van der Waals surface area contributed by atoms with Crippen molar-refractivity contribution in [3.05, 3.63) is 76.3 Å². The molecule has 8 nitrogen and oxygen atoms in total. The maximum absolute atomic E-state index is 13.4. The monoisotopic (exact) mass is 443 g/mol. The molecule has 1 aliphatic rings. The summed E-state index contributed by atoms with van der Waals surface area (Å²) in [6.45, 7) is 4.29. The fourth-order valence-electron chi connectivity index (χ4n) is 3.98. The highest BCUT2D eigenvalue weighted by atomic mass is 16.5. The summed E-state index contributed by atoms with van der Waals surface area (Å²) in [5, 5.41) is 12.7. The lowest BCUT2D eigenvalue weighted by Gasteiger charge is -2.11. The van der Waals surface area contributed by atoms with Gasteiger partial charge >= 0.3 is 0 Å². The molecule has 0 spiro atoms. The summed E-state index contributed by atoms with van der Waals surface area (Å²) in [5.41, 5.74) is 3.42. The van der Waals surface area contributed by atoms with Gasteiger partial charge in [0.15, 0.2) is 0 Å². The van der Waals surface area contributed by atoms with E-state index in [1.807, 2.05) is 38.1 Å². The number of aryl methyl sites for hydroxylation is 1. The van der Waals surface area contributed by atoms with E-state index in [4.69, 9.17) is 4.74 Å². The van der Waals surface area contributed by atoms with Crippen LogP contribution in [0.4, 0.5) is 5.69 Å². The molecule has 33 heavy (non-hydrogen) atoms. The van der Waals surface area contributed by atoms with Crippen molar-refractivity contribution < 1.29 is 9.53 Å². The Kier molecular flexibility index (Phi) is 5.42. The van der Waals surface area contributed by atoms with Gasteiger partial charge in [-0.2, -0.15) is 10.2 Å². The second kappa shape index (κ2) is 8.54. The fraction of sp³-hybridized carbons (Fsp3) is 0.280. The van der Waals surface area contributed by atoms with Crippen LogP contribution in [0.25, 0.3) is 16.6 Å². The van der Waals surface area contributed by atoms with Crippen molar-refractivity contribution in [1.82, 2.24) is 19.6 Å². The number of anilines is 1. The Hall–Kier alpha value is -3.94. The molecule has 1 aliphatic carbocycles. The standard InChI is InChI=1S/C25H25N5O3/c1-3-33-19-12-10-18(11-13-19)27-22(31)15-29-25(32)24-20(23(28-29)17-8-9-17)14-26-30(24)21-7-5-4-6-16(21)2/h4-7,10-14,17H,3,8-9,15H2,1-2H3,(H,27,31). The fourth-order valence-corrected chi connectivity index (χ4v) is 3.98. The minimum Gasteiger partial charge on any atom is -0.494 e. The number of para-hydroxylation sites is 1. The van der Waals surface area contributed by atoms with E-state index in [1.165, 1.54) is 4.68 Å². The van der Waals surface area contributed by atoms with Gasteiger partial charge in [0.05, 0.1) is 24.2 Å². The van der Waals surface area contributed by atoms with Crippen LogP contribution < -0.4 is 15.6 Å². The van der Waals surface area contributed by atoms with Gasteiger partial charge in [0.1, 0.15) is 17.8 Å². The van der Waals surface area contributed by atoms with Gasteiger partial charge in [0.25, 0.3) is 5.56 Å². The molecule has 0 saturated heterocycles. The quantitative estimate of drug-likeness (QED) is 0.469. The third-order valence-electron chi connectivity index (χ3n) is 5.76. The van der Waals surface area contributed by atoms with E-state index in [2.05, 4.69) is 15.5 Å². The Labute approximate surface area is 190 Å². The molecule has 1 N–H and O–H groups in total. The van der Waals surface area contributed by atoms with Crippen LogP contribution >= 0.6 is 0 Å². The average molecular weight is 444 g/mol. The zero-order chi connectivity index (χ0) is 22.9. The van der Waals surface area contributed by atoms with Crippen molar-refractivity contribution in [2.45, 2.75) is 39.2 Å². The van der Waals surface area contributed by atoms with Gasteiger partial charge in [-0.3, -0.25) is 9.59 Å². The van der Waals surface area contributed by atoms with Gasteiger partial charge in [0.2, 0.25) is 5.91 Å². The van der Waals surface area contributed by atoms with Crippen molar-refractivity contribution in [3.63, 3.8) is 0 Å². The smallest absolute Gasteiger partial charge is 0.293 e. The van der Waals surface area contributed by atoms with Crippen LogP contribution in [-0.4, -0.2) is 32.1 Å². The number of benzene rings is 2. The molecule has 1 saturated carbocycles. The number of hydrogen-bond donors (Lipinski definition) is 1. The van der Waals surface area contributed by atoms with Crippen LogP contribution in [0.2, 0.25) is 0 Å². The van der Waals surface area contributed by atoms with Gasteiger partial charge in [-0.15, -0.1) is 0 Å². The summed E-state index contributed by atoms with van der Waals surface area (Å²) in [6, 6.07) is 14.9. The van der Waals surface area contributed by atoms with Crippen LogP contribution in [0.1, 0.15) is 36.9 Å². The molecular weight excluding hydrogens is 418 g/mol. The molecule has 1 amide bonds. The van der Waals surface area contributed by atoms with Crippen LogP contribution in [0.5, 0.6) is 5.75 Å². The van der Waals surface area contributed by atoms with E-state index in [0.717, 1.165) is 40.9 Å². The number of fused-ring (bicyclic) bond motifs is 1. The molecule has 2 aromatic heterocycles. The van der Waals surface area contributed by atoms with Crippen molar-refractivity contribution in [1.29, 1.82) is 0 Å². The van der Waals surface area contributed by atoms with Crippen molar-refractivity contribution in [2.24, 2.45) is 0 Å². The maximum atomic E-state index is 13.4. The summed E-state index contributed by atoms with van der Waals surface area (Å²) in [6.07, 6.45) is 3.76. The molecule has 8 heteroatoms.